The Kier molecular flexibility index (Phi) is 5.68. The fourth-order valence-electron chi connectivity index (χ4n) is 2.32. The van der Waals surface area contributed by atoms with Gasteiger partial charge >= 0.3 is 5.97 Å². The molecule has 0 unspecified atom stereocenters. The van der Waals surface area contributed by atoms with Gasteiger partial charge in [-0.05, 0) is 35.9 Å². The SMILES string of the molecule is CS(=O)(=O)c1cc(C(=O)Oc2ccc(C3SCCS3)cc2)ccc1Cl. The van der Waals surface area contributed by atoms with E-state index in [1.165, 1.54) is 23.8 Å². The van der Waals surface area contributed by atoms with Crippen molar-refractivity contribution in [2.75, 3.05) is 17.8 Å². The van der Waals surface area contributed by atoms with Crippen molar-refractivity contribution in [3.63, 3.8) is 0 Å². The van der Waals surface area contributed by atoms with E-state index in [0.29, 0.717) is 10.3 Å². The van der Waals surface area contributed by atoms with Gasteiger partial charge in [0.05, 0.1) is 20.1 Å². The minimum absolute atomic E-state index is 0.0787. The van der Waals surface area contributed by atoms with Crippen LogP contribution in [0.3, 0.4) is 0 Å². The minimum atomic E-state index is -3.52. The maximum atomic E-state index is 12.3. The predicted molar refractivity (Wildman–Crippen MR) is 104 cm³/mol. The molecule has 4 nitrogen and oxygen atoms in total. The van der Waals surface area contributed by atoms with Crippen LogP contribution in [0.2, 0.25) is 5.02 Å². The zero-order valence-corrected chi connectivity index (χ0v) is 16.5. The first-order valence-electron chi connectivity index (χ1n) is 7.39. The van der Waals surface area contributed by atoms with Gasteiger partial charge in [0.1, 0.15) is 5.75 Å². The first kappa shape index (κ1) is 18.6. The third kappa shape index (κ3) is 4.53. The summed E-state index contributed by atoms with van der Waals surface area (Å²) in [4.78, 5) is 12.2. The third-order valence-corrected chi connectivity index (χ3v) is 8.23. The highest BCUT2D eigenvalue weighted by Crippen LogP contribution is 2.45. The second-order valence-corrected chi connectivity index (χ2v) is 10.6. The van der Waals surface area contributed by atoms with Crippen LogP contribution < -0.4 is 4.74 Å². The van der Waals surface area contributed by atoms with E-state index in [4.69, 9.17) is 16.3 Å². The van der Waals surface area contributed by atoms with Crippen LogP contribution >= 0.6 is 35.1 Å². The molecule has 1 aliphatic rings. The summed E-state index contributed by atoms with van der Waals surface area (Å²) in [5, 5.41) is 0.0787. The number of benzene rings is 2. The highest BCUT2D eigenvalue weighted by Gasteiger charge is 2.19. The number of thioether (sulfide) groups is 2. The maximum absolute atomic E-state index is 12.3. The smallest absolute Gasteiger partial charge is 0.343 e. The Labute approximate surface area is 160 Å². The Morgan fingerprint density at radius 1 is 1.12 bits per heavy atom. The summed E-state index contributed by atoms with van der Waals surface area (Å²) in [5.74, 6) is 2.08. The number of rotatable bonds is 4. The largest absolute Gasteiger partial charge is 0.423 e. The van der Waals surface area contributed by atoms with Crippen LogP contribution in [0, 0.1) is 0 Å². The van der Waals surface area contributed by atoms with Crippen LogP contribution in [0.25, 0.3) is 0 Å². The van der Waals surface area contributed by atoms with Crippen molar-refractivity contribution in [2.45, 2.75) is 9.48 Å². The van der Waals surface area contributed by atoms with E-state index in [1.807, 2.05) is 35.7 Å². The van der Waals surface area contributed by atoms with E-state index in [2.05, 4.69) is 0 Å². The lowest BCUT2D eigenvalue weighted by molar-refractivity contribution is 0.0734. The molecule has 0 saturated carbocycles. The van der Waals surface area contributed by atoms with E-state index in [0.717, 1.165) is 17.8 Å². The molecular weight excluding hydrogens is 400 g/mol. The highest BCUT2D eigenvalue weighted by atomic mass is 35.5. The first-order chi connectivity index (χ1) is 11.8. The summed E-state index contributed by atoms with van der Waals surface area (Å²) in [6.07, 6.45) is 1.04. The quantitative estimate of drug-likeness (QED) is 0.544. The van der Waals surface area contributed by atoms with E-state index < -0.39 is 15.8 Å². The van der Waals surface area contributed by atoms with Gasteiger partial charge in [0, 0.05) is 17.8 Å². The van der Waals surface area contributed by atoms with Crippen molar-refractivity contribution in [1.82, 2.24) is 0 Å². The van der Waals surface area contributed by atoms with Crippen LogP contribution in [0.15, 0.2) is 47.4 Å². The Balaban J connectivity index is 1.76. The topological polar surface area (TPSA) is 60.4 Å². The molecule has 0 bridgehead atoms. The fraction of sp³-hybridized carbons (Fsp3) is 0.235. The number of esters is 1. The Hall–Kier alpha value is -1.15. The molecule has 8 heteroatoms. The maximum Gasteiger partial charge on any atom is 0.343 e. The molecule has 2 aromatic carbocycles. The van der Waals surface area contributed by atoms with E-state index in [9.17, 15) is 13.2 Å². The van der Waals surface area contributed by atoms with Crippen molar-refractivity contribution in [2.24, 2.45) is 0 Å². The molecule has 1 saturated heterocycles. The molecule has 132 valence electrons. The number of carbonyl (C=O) groups is 1. The number of halogens is 1. The molecule has 3 rings (SSSR count). The standard InChI is InChI=1S/C17H15ClO4S3/c1-25(20,21)15-10-12(4-7-14(15)18)16(19)22-13-5-2-11(3-6-13)17-23-8-9-24-17/h2-7,10,17H,8-9H2,1H3. The van der Waals surface area contributed by atoms with E-state index in [1.54, 1.807) is 12.1 Å². The molecular formula is C17H15ClO4S3. The van der Waals surface area contributed by atoms with Crippen LogP contribution in [0.5, 0.6) is 5.75 Å². The van der Waals surface area contributed by atoms with Crippen LogP contribution in [0.1, 0.15) is 20.5 Å². The van der Waals surface area contributed by atoms with Gasteiger partial charge in [-0.1, -0.05) is 23.7 Å². The molecule has 2 aromatic rings. The molecule has 0 aliphatic carbocycles. The summed E-state index contributed by atoms with van der Waals surface area (Å²) in [6, 6.07) is 11.5. The molecule has 25 heavy (non-hydrogen) atoms. The lowest BCUT2D eigenvalue weighted by Gasteiger charge is -2.10. The van der Waals surface area contributed by atoms with Crippen LogP contribution in [-0.4, -0.2) is 32.1 Å². The Bertz CT molecular complexity index is 889. The van der Waals surface area contributed by atoms with Crippen molar-refractivity contribution < 1.29 is 17.9 Å². The first-order valence-corrected chi connectivity index (χ1v) is 11.8. The summed E-state index contributed by atoms with van der Waals surface area (Å²) in [5.41, 5.74) is 1.33. The molecule has 0 radical (unpaired) electrons. The third-order valence-electron chi connectivity index (χ3n) is 3.55. The molecule has 1 fully saturated rings. The molecule has 0 aromatic heterocycles. The molecule has 0 N–H and O–H groups in total. The minimum Gasteiger partial charge on any atom is -0.423 e. The van der Waals surface area contributed by atoms with Gasteiger partial charge in [-0.3, -0.25) is 0 Å². The van der Waals surface area contributed by atoms with Gasteiger partial charge in [0.15, 0.2) is 9.84 Å². The van der Waals surface area contributed by atoms with Gasteiger partial charge in [-0.25, -0.2) is 13.2 Å². The summed E-state index contributed by atoms with van der Waals surface area (Å²) in [6.45, 7) is 0. The van der Waals surface area contributed by atoms with Gasteiger partial charge in [-0.2, -0.15) is 0 Å². The van der Waals surface area contributed by atoms with Crippen molar-refractivity contribution in [3.05, 3.63) is 58.6 Å². The molecule has 0 atom stereocenters. The highest BCUT2D eigenvalue weighted by molar-refractivity contribution is 8.19. The lowest BCUT2D eigenvalue weighted by Crippen LogP contribution is -2.10. The fourth-order valence-corrected chi connectivity index (χ4v) is 6.48. The number of hydrogen-bond acceptors (Lipinski definition) is 6. The second kappa shape index (κ2) is 7.61. The Morgan fingerprint density at radius 2 is 1.76 bits per heavy atom. The zero-order chi connectivity index (χ0) is 18.0. The number of hydrogen-bond donors (Lipinski definition) is 0. The Morgan fingerprint density at radius 3 is 2.36 bits per heavy atom. The van der Waals surface area contributed by atoms with Crippen molar-refractivity contribution in [1.29, 1.82) is 0 Å². The van der Waals surface area contributed by atoms with Crippen molar-refractivity contribution >= 4 is 50.9 Å². The van der Waals surface area contributed by atoms with Gasteiger partial charge in [-0.15, -0.1) is 23.5 Å². The summed E-state index contributed by atoms with van der Waals surface area (Å²) in [7, 11) is -3.52. The number of carbonyl (C=O) groups excluding carboxylic acids is 1. The van der Waals surface area contributed by atoms with Gasteiger partial charge < -0.3 is 4.74 Å². The van der Waals surface area contributed by atoms with Crippen LogP contribution in [-0.2, 0) is 9.84 Å². The summed E-state index contributed by atoms with van der Waals surface area (Å²) >= 11 is 9.70. The second-order valence-electron chi connectivity index (χ2n) is 5.45. The molecule has 1 aliphatic heterocycles. The zero-order valence-electron chi connectivity index (χ0n) is 13.3. The molecule has 1 heterocycles. The van der Waals surface area contributed by atoms with Crippen molar-refractivity contribution in [3.8, 4) is 5.75 Å². The lowest BCUT2D eigenvalue weighted by atomic mass is 10.2. The molecule has 0 spiro atoms. The molecule has 0 amide bonds. The van der Waals surface area contributed by atoms with Crippen LogP contribution in [0.4, 0.5) is 0 Å². The predicted octanol–water partition coefficient (Wildman–Crippen LogP) is 4.44. The van der Waals surface area contributed by atoms with Gasteiger partial charge in [0.2, 0.25) is 0 Å². The van der Waals surface area contributed by atoms with E-state index in [-0.39, 0.29) is 15.5 Å². The number of sulfone groups is 1. The average molecular weight is 415 g/mol. The average Bonchev–Trinajstić information content (AvgIpc) is 3.09. The number of ether oxygens (including phenoxy) is 1. The summed E-state index contributed by atoms with van der Waals surface area (Å²) < 4.78 is 29.2. The monoisotopic (exact) mass is 414 g/mol. The van der Waals surface area contributed by atoms with Gasteiger partial charge in [0.25, 0.3) is 0 Å². The van der Waals surface area contributed by atoms with E-state index >= 15 is 0 Å². The normalized spacial score (nSPS) is 15.3.